The fourth-order valence-electron chi connectivity index (χ4n) is 1.50. The van der Waals surface area contributed by atoms with Crippen LogP contribution in [0.5, 0.6) is 5.75 Å². The van der Waals surface area contributed by atoms with Crippen molar-refractivity contribution in [1.29, 1.82) is 0 Å². The molecule has 0 spiro atoms. The first-order valence-corrected chi connectivity index (χ1v) is 6.50. The van der Waals surface area contributed by atoms with Crippen LogP contribution in [-0.4, -0.2) is 10.1 Å². The Balaban J connectivity index is 1.94. The zero-order chi connectivity index (χ0) is 12.3. The molecule has 0 aliphatic carbocycles. The van der Waals surface area contributed by atoms with Crippen LogP contribution in [-0.2, 0) is 13.1 Å². The predicted molar refractivity (Wildman–Crippen MR) is 70.5 cm³/mol. The molecule has 2 N–H and O–H groups in total. The van der Waals surface area contributed by atoms with Crippen molar-refractivity contribution in [1.82, 2.24) is 10.3 Å². The summed E-state index contributed by atoms with van der Waals surface area (Å²) in [5.74, 6) is 0.223. The summed E-state index contributed by atoms with van der Waals surface area (Å²) in [7, 11) is 0. The number of nitrogens with one attached hydrogen (secondary N) is 1. The van der Waals surface area contributed by atoms with Crippen LogP contribution in [0.2, 0.25) is 5.02 Å². The summed E-state index contributed by atoms with van der Waals surface area (Å²) in [6.45, 7) is 3.19. The molecule has 2 rings (SSSR count). The van der Waals surface area contributed by atoms with Crippen LogP contribution in [0.15, 0.2) is 23.6 Å². The Bertz CT molecular complexity index is 493. The van der Waals surface area contributed by atoms with Gasteiger partial charge in [0.25, 0.3) is 0 Å². The van der Waals surface area contributed by atoms with Gasteiger partial charge < -0.3 is 10.4 Å². The number of benzene rings is 1. The molecule has 17 heavy (non-hydrogen) atoms. The van der Waals surface area contributed by atoms with E-state index in [1.807, 2.05) is 12.3 Å². The summed E-state index contributed by atoms with van der Waals surface area (Å²) in [6, 6.07) is 5.13. The van der Waals surface area contributed by atoms with Crippen LogP contribution in [0.1, 0.15) is 16.3 Å². The first kappa shape index (κ1) is 12.4. The molecule has 0 aliphatic rings. The maximum Gasteiger partial charge on any atom is 0.121 e. The van der Waals surface area contributed by atoms with Gasteiger partial charge in [-0.2, -0.15) is 0 Å². The lowest BCUT2D eigenvalue weighted by Gasteiger charge is -2.07. The highest BCUT2D eigenvalue weighted by Gasteiger charge is 2.05. The number of rotatable bonds is 4. The van der Waals surface area contributed by atoms with E-state index in [0.29, 0.717) is 18.1 Å². The summed E-state index contributed by atoms with van der Waals surface area (Å²) in [4.78, 5) is 4.35. The topological polar surface area (TPSA) is 45.1 Å². The zero-order valence-corrected chi connectivity index (χ0v) is 11.0. The van der Waals surface area contributed by atoms with E-state index < -0.39 is 0 Å². The van der Waals surface area contributed by atoms with E-state index in [9.17, 15) is 5.11 Å². The lowest BCUT2D eigenvalue weighted by molar-refractivity contribution is 0.464. The van der Waals surface area contributed by atoms with E-state index in [4.69, 9.17) is 11.6 Å². The number of phenols is 1. The number of aromatic nitrogens is 1. The summed E-state index contributed by atoms with van der Waals surface area (Å²) < 4.78 is 0. The molecule has 0 saturated carbocycles. The lowest BCUT2D eigenvalue weighted by atomic mass is 10.2. The minimum absolute atomic E-state index is 0.223. The van der Waals surface area contributed by atoms with Crippen molar-refractivity contribution in [2.24, 2.45) is 0 Å². The summed E-state index contributed by atoms with van der Waals surface area (Å²) in [5.41, 5.74) is 1.76. The number of nitrogens with zero attached hydrogens (tertiary/aromatic N) is 1. The van der Waals surface area contributed by atoms with Gasteiger partial charge in [0.2, 0.25) is 0 Å². The molecule has 0 unspecified atom stereocenters. The van der Waals surface area contributed by atoms with E-state index in [0.717, 1.165) is 16.3 Å². The SMILES string of the molecule is Cc1csc(CNCc2c(O)cccc2Cl)n1. The molecular weight excluding hydrogens is 256 g/mol. The summed E-state index contributed by atoms with van der Waals surface area (Å²) in [6.07, 6.45) is 0. The van der Waals surface area contributed by atoms with Gasteiger partial charge in [0.05, 0.1) is 0 Å². The third-order valence-electron chi connectivity index (χ3n) is 2.34. The Morgan fingerprint density at radius 3 is 2.88 bits per heavy atom. The predicted octanol–water partition coefficient (Wildman–Crippen LogP) is 3.10. The second kappa shape index (κ2) is 5.49. The highest BCUT2D eigenvalue weighted by atomic mass is 35.5. The smallest absolute Gasteiger partial charge is 0.121 e. The molecule has 1 aromatic carbocycles. The van der Waals surface area contributed by atoms with Crippen molar-refractivity contribution in [2.75, 3.05) is 0 Å². The summed E-state index contributed by atoms with van der Waals surface area (Å²) >= 11 is 7.63. The van der Waals surface area contributed by atoms with Crippen molar-refractivity contribution in [3.8, 4) is 5.75 Å². The molecule has 3 nitrogen and oxygen atoms in total. The maximum absolute atomic E-state index is 9.66. The largest absolute Gasteiger partial charge is 0.508 e. The fourth-order valence-corrected chi connectivity index (χ4v) is 2.48. The van der Waals surface area contributed by atoms with Gasteiger partial charge in [-0.3, -0.25) is 0 Å². The number of hydrogen-bond acceptors (Lipinski definition) is 4. The van der Waals surface area contributed by atoms with Crippen molar-refractivity contribution >= 4 is 22.9 Å². The van der Waals surface area contributed by atoms with E-state index in [1.54, 1.807) is 29.5 Å². The molecule has 2 aromatic rings. The van der Waals surface area contributed by atoms with Crippen LogP contribution in [0.25, 0.3) is 0 Å². The monoisotopic (exact) mass is 268 g/mol. The van der Waals surface area contributed by atoms with Crippen LogP contribution in [0.4, 0.5) is 0 Å². The molecule has 0 atom stereocenters. The minimum atomic E-state index is 0.223. The highest BCUT2D eigenvalue weighted by molar-refractivity contribution is 7.09. The number of halogens is 1. The number of aryl methyl sites for hydroxylation is 1. The lowest BCUT2D eigenvalue weighted by Crippen LogP contribution is -2.13. The van der Waals surface area contributed by atoms with Gasteiger partial charge in [0.1, 0.15) is 10.8 Å². The molecule has 1 aromatic heterocycles. The van der Waals surface area contributed by atoms with Crippen LogP contribution < -0.4 is 5.32 Å². The quantitative estimate of drug-likeness (QED) is 0.896. The Labute approximate surface area is 109 Å². The molecule has 0 saturated heterocycles. The van der Waals surface area contributed by atoms with Gasteiger partial charge in [0, 0.05) is 34.7 Å². The Kier molecular flexibility index (Phi) is 3.99. The van der Waals surface area contributed by atoms with Crippen LogP contribution >= 0.6 is 22.9 Å². The Morgan fingerprint density at radius 2 is 2.24 bits per heavy atom. The number of phenolic OH excluding ortho intramolecular Hbond substituents is 1. The highest BCUT2D eigenvalue weighted by Crippen LogP contribution is 2.24. The standard InChI is InChI=1S/C12H13ClN2OS/c1-8-7-17-12(15-8)6-14-5-9-10(13)3-2-4-11(9)16/h2-4,7,14,16H,5-6H2,1H3. The molecule has 0 amide bonds. The Hall–Kier alpha value is -1.10. The fraction of sp³-hybridized carbons (Fsp3) is 0.250. The molecule has 5 heteroatoms. The molecule has 1 heterocycles. The van der Waals surface area contributed by atoms with E-state index in [-0.39, 0.29) is 5.75 Å². The second-order valence-corrected chi connectivity index (χ2v) is 5.07. The minimum Gasteiger partial charge on any atom is -0.508 e. The first-order chi connectivity index (χ1) is 8.16. The number of hydrogen-bond donors (Lipinski definition) is 2. The molecule has 0 fully saturated rings. The molecule has 90 valence electrons. The molecule has 0 bridgehead atoms. The maximum atomic E-state index is 9.66. The third-order valence-corrected chi connectivity index (χ3v) is 3.66. The summed E-state index contributed by atoms with van der Waals surface area (Å²) in [5, 5.41) is 16.5. The normalized spacial score (nSPS) is 10.7. The molecule has 0 aliphatic heterocycles. The van der Waals surface area contributed by atoms with E-state index >= 15 is 0 Å². The third kappa shape index (κ3) is 3.19. The van der Waals surface area contributed by atoms with Crippen LogP contribution in [0.3, 0.4) is 0 Å². The van der Waals surface area contributed by atoms with Gasteiger partial charge in [-0.15, -0.1) is 11.3 Å². The van der Waals surface area contributed by atoms with Crippen molar-refractivity contribution < 1.29 is 5.11 Å². The first-order valence-electron chi connectivity index (χ1n) is 5.25. The van der Waals surface area contributed by atoms with Gasteiger partial charge in [-0.05, 0) is 19.1 Å². The number of thiazole rings is 1. The van der Waals surface area contributed by atoms with Crippen LogP contribution in [0, 0.1) is 6.92 Å². The molecule has 0 radical (unpaired) electrons. The average Bonchev–Trinajstić information content (AvgIpc) is 2.69. The average molecular weight is 269 g/mol. The van der Waals surface area contributed by atoms with Crippen molar-refractivity contribution in [3.63, 3.8) is 0 Å². The zero-order valence-electron chi connectivity index (χ0n) is 9.40. The van der Waals surface area contributed by atoms with Crippen molar-refractivity contribution in [3.05, 3.63) is 44.9 Å². The molecular formula is C12H13ClN2OS. The van der Waals surface area contributed by atoms with Gasteiger partial charge in [0.15, 0.2) is 0 Å². The van der Waals surface area contributed by atoms with Gasteiger partial charge in [-0.1, -0.05) is 17.7 Å². The van der Waals surface area contributed by atoms with Gasteiger partial charge in [-0.25, -0.2) is 4.98 Å². The second-order valence-electron chi connectivity index (χ2n) is 3.72. The van der Waals surface area contributed by atoms with E-state index in [1.165, 1.54) is 0 Å². The van der Waals surface area contributed by atoms with Crippen molar-refractivity contribution in [2.45, 2.75) is 20.0 Å². The number of aromatic hydroxyl groups is 1. The Morgan fingerprint density at radius 1 is 1.41 bits per heavy atom. The van der Waals surface area contributed by atoms with Gasteiger partial charge >= 0.3 is 0 Å². The van der Waals surface area contributed by atoms with E-state index in [2.05, 4.69) is 10.3 Å².